The second-order valence-corrected chi connectivity index (χ2v) is 7.78. The van der Waals surface area contributed by atoms with Crippen molar-refractivity contribution in [2.45, 2.75) is 20.4 Å². The third kappa shape index (κ3) is 5.17. The number of nitrogens with one attached hydrogen (secondary N) is 3. The highest BCUT2D eigenvalue weighted by Crippen LogP contribution is 2.29. The molecule has 1 aromatic carbocycles. The van der Waals surface area contributed by atoms with Gasteiger partial charge in [-0.25, -0.2) is 9.97 Å². The maximum Gasteiger partial charge on any atom is 0.251 e. The molecule has 28 heavy (non-hydrogen) atoms. The molecule has 3 rings (SSSR count). The van der Waals surface area contributed by atoms with Crippen molar-refractivity contribution in [3.8, 4) is 0 Å². The number of fused-ring (bicyclic) bond motifs is 1. The van der Waals surface area contributed by atoms with Gasteiger partial charge in [-0.1, -0.05) is 12.1 Å². The van der Waals surface area contributed by atoms with Gasteiger partial charge < -0.3 is 16.0 Å². The van der Waals surface area contributed by atoms with Crippen LogP contribution in [-0.2, 0) is 11.3 Å². The van der Waals surface area contributed by atoms with Gasteiger partial charge in [-0.05, 0) is 42.3 Å². The second-order valence-electron chi connectivity index (χ2n) is 6.21. The van der Waals surface area contributed by atoms with Crippen LogP contribution in [0.15, 0.2) is 30.3 Å². The lowest BCUT2D eigenvalue weighted by Crippen LogP contribution is -2.33. The van der Waals surface area contributed by atoms with Gasteiger partial charge in [-0.15, -0.1) is 11.3 Å². The van der Waals surface area contributed by atoms with Gasteiger partial charge in [0.2, 0.25) is 11.2 Å². The Kier molecular flexibility index (Phi) is 6.43. The molecule has 0 atom stereocenters. The van der Waals surface area contributed by atoms with Gasteiger partial charge in [0.1, 0.15) is 10.6 Å². The largest absolute Gasteiger partial charge is 0.365 e. The SMILES string of the molecule is CC(=O)NCCNC(=O)c1ccc(CNc2nc(Cl)nc3sc(C)cc23)cc1. The molecule has 2 aromatic heterocycles. The third-order valence-electron chi connectivity index (χ3n) is 3.95. The van der Waals surface area contributed by atoms with Crippen LogP contribution in [0.4, 0.5) is 5.82 Å². The van der Waals surface area contributed by atoms with Crippen molar-refractivity contribution in [3.63, 3.8) is 0 Å². The maximum atomic E-state index is 12.1. The zero-order valence-corrected chi connectivity index (χ0v) is 17.1. The first-order valence-electron chi connectivity index (χ1n) is 8.71. The quantitative estimate of drug-likeness (QED) is 0.405. The molecule has 0 radical (unpaired) electrons. The predicted octanol–water partition coefficient (Wildman–Crippen LogP) is 3.13. The third-order valence-corrected chi connectivity index (χ3v) is 5.06. The number of hydrogen-bond donors (Lipinski definition) is 3. The molecule has 7 nitrogen and oxygen atoms in total. The lowest BCUT2D eigenvalue weighted by Gasteiger charge is -2.09. The first-order chi connectivity index (χ1) is 13.4. The molecule has 0 aliphatic carbocycles. The van der Waals surface area contributed by atoms with Crippen molar-refractivity contribution in [2.75, 3.05) is 18.4 Å². The summed E-state index contributed by atoms with van der Waals surface area (Å²) in [7, 11) is 0. The van der Waals surface area contributed by atoms with Crippen molar-refractivity contribution in [1.82, 2.24) is 20.6 Å². The Balaban J connectivity index is 1.59. The lowest BCUT2D eigenvalue weighted by molar-refractivity contribution is -0.118. The summed E-state index contributed by atoms with van der Waals surface area (Å²) in [6, 6.07) is 9.33. The molecule has 0 saturated heterocycles. The van der Waals surface area contributed by atoms with Crippen molar-refractivity contribution >= 4 is 50.8 Å². The van der Waals surface area contributed by atoms with Crippen LogP contribution in [0, 0.1) is 6.92 Å². The number of nitrogens with zero attached hydrogens (tertiary/aromatic N) is 2. The Hall–Kier alpha value is -2.71. The molecule has 2 amide bonds. The number of aryl methyl sites for hydroxylation is 1. The van der Waals surface area contributed by atoms with E-state index in [-0.39, 0.29) is 17.1 Å². The molecule has 0 aliphatic heterocycles. The average Bonchev–Trinajstić information content (AvgIpc) is 3.03. The van der Waals surface area contributed by atoms with E-state index in [0.29, 0.717) is 31.0 Å². The first-order valence-corrected chi connectivity index (χ1v) is 9.91. The number of rotatable bonds is 7. The summed E-state index contributed by atoms with van der Waals surface area (Å²) in [5, 5.41) is 9.84. The Morgan fingerprint density at radius 3 is 2.54 bits per heavy atom. The fraction of sp³-hybridized carbons (Fsp3) is 0.263. The number of carbonyl (C=O) groups is 2. The normalized spacial score (nSPS) is 10.7. The number of anilines is 1. The van der Waals surface area contributed by atoms with E-state index in [4.69, 9.17) is 11.6 Å². The average molecular weight is 418 g/mol. The van der Waals surface area contributed by atoms with E-state index in [1.807, 2.05) is 25.1 Å². The Labute approximate surface area is 171 Å². The number of aromatic nitrogens is 2. The highest BCUT2D eigenvalue weighted by molar-refractivity contribution is 7.18. The standard InChI is InChI=1S/C19H20ClN5O2S/c1-11-9-15-16(24-19(20)25-18(15)28-11)23-10-13-3-5-14(6-4-13)17(27)22-8-7-21-12(2)26/h3-6,9H,7-8,10H2,1-2H3,(H,21,26)(H,22,27)(H,23,24,25). The minimum Gasteiger partial charge on any atom is -0.365 e. The molecule has 0 bridgehead atoms. The van der Waals surface area contributed by atoms with Crippen LogP contribution in [-0.4, -0.2) is 34.9 Å². The van der Waals surface area contributed by atoms with E-state index in [9.17, 15) is 9.59 Å². The Bertz CT molecular complexity index is 1000. The lowest BCUT2D eigenvalue weighted by atomic mass is 10.1. The minimum absolute atomic E-state index is 0.119. The molecule has 0 aliphatic rings. The highest BCUT2D eigenvalue weighted by atomic mass is 35.5. The van der Waals surface area contributed by atoms with Crippen LogP contribution in [0.1, 0.15) is 27.7 Å². The summed E-state index contributed by atoms with van der Waals surface area (Å²) < 4.78 is 0. The zero-order chi connectivity index (χ0) is 20.1. The van der Waals surface area contributed by atoms with Gasteiger partial charge in [-0.3, -0.25) is 9.59 Å². The van der Waals surface area contributed by atoms with Crippen LogP contribution in [0.25, 0.3) is 10.2 Å². The zero-order valence-electron chi connectivity index (χ0n) is 15.5. The van der Waals surface area contributed by atoms with Gasteiger partial charge in [0.25, 0.3) is 5.91 Å². The Morgan fingerprint density at radius 2 is 1.82 bits per heavy atom. The molecule has 3 N–H and O–H groups in total. The first kappa shape index (κ1) is 20.0. The summed E-state index contributed by atoms with van der Waals surface area (Å²) >= 11 is 7.59. The molecule has 0 fully saturated rings. The van der Waals surface area contributed by atoms with Crippen LogP contribution < -0.4 is 16.0 Å². The molecule has 3 aromatic rings. The number of benzene rings is 1. The smallest absolute Gasteiger partial charge is 0.251 e. The van der Waals surface area contributed by atoms with E-state index >= 15 is 0 Å². The van der Waals surface area contributed by atoms with E-state index < -0.39 is 0 Å². The van der Waals surface area contributed by atoms with Gasteiger partial charge in [0.05, 0.1) is 5.39 Å². The fourth-order valence-electron chi connectivity index (χ4n) is 2.63. The summed E-state index contributed by atoms with van der Waals surface area (Å²) in [6.45, 7) is 4.79. The molecule has 2 heterocycles. The number of amides is 2. The van der Waals surface area contributed by atoms with Crippen molar-refractivity contribution < 1.29 is 9.59 Å². The molecular formula is C19H20ClN5O2S. The molecule has 0 spiro atoms. The molecular weight excluding hydrogens is 398 g/mol. The maximum absolute atomic E-state index is 12.1. The fourth-order valence-corrected chi connectivity index (χ4v) is 3.73. The van der Waals surface area contributed by atoms with Crippen LogP contribution in [0.2, 0.25) is 5.28 Å². The topological polar surface area (TPSA) is 96.0 Å². The summed E-state index contributed by atoms with van der Waals surface area (Å²) in [6.07, 6.45) is 0. The number of halogens is 1. The monoisotopic (exact) mass is 417 g/mol. The van der Waals surface area contributed by atoms with E-state index in [1.54, 1.807) is 23.5 Å². The minimum atomic E-state index is -0.178. The summed E-state index contributed by atoms with van der Waals surface area (Å²) in [5.41, 5.74) is 1.57. The number of thiophene rings is 1. The Morgan fingerprint density at radius 1 is 1.11 bits per heavy atom. The van der Waals surface area contributed by atoms with E-state index in [1.165, 1.54) is 6.92 Å². The van der Waals surface area contributed by atoms with Crippen molar-refractivity contribution in [1.29, 1.82) is 0 Å². The highest BCUT2D eigenvalue weighted by Gasteiger charge is 2.10. The van der Waals surface area contributed by atoms with Gasteiger partial charge in [0.15, 0.2) is 0 Å². The number of hydrogen-bond acceptors (Lipinski definition) is 6. The van der Waals surface area contributed by atoms with E-state index in [2.05, 4.69) is 25.9 Å². The van der Waals surface area contributed by atoms with Crippen LogP contribution >= 0.6 is 22.9 Å². The predicted molar refractivity (Wildman–Crippen MR) is 112 cm³/mol. The van der Waals surface area contributed by atoms with Crippen molar-refractivity contribution in [2.24, 2.45) is 0 Å². The van der Waals surface area contributed by atoms with Gasteiger partial charge in [-0.2, -0.15) is 0 Å². The molecule has 0 unspecified atom stereocenters. The van der Waals surface area contributed by atoms with Crippen molar-refractivity contribution in [3.05, 3.63) is 51.6 Å². The second kappa shape index (κ2) is 8.99. The van der Waals surface area contributed by atoms with E-state index in [0.717, 1.165) is 20.7 Å². The summed E-state index contributed by atoms with van der Waals surface area (Å²) in [4.78, 5) is 33.4. The van der Waals surface area contributed by atoms with Gasteiger partial charge >= 0.3 is 0 Å². The molecule has 0 saturated carbocycles. The van der Waals surface area contributed by atoms with Crippen LogP contribution in [0.5, 0.6) is 0 Å². The van der Waals surface area contributed by atoms with Crippen LogP contribution in [0.3, 0.4) is 0 Å². The molecule has 9 heteroatoms. The summed E-state index contributed by atoms with van der Waals surface area (Å²) in [5.74, 6) is 0.396. The molecule has 146 valence electrons. The number of carbonyl (C=O) groups excluding carboxylic acids is 2. The van der Waals surface area contributed by atoms with Gasteiger partial charge in [0, 0.05) is 37.0 Å².